The number of nitrogens with zero attached hydrogens (tertiary/aromatic N) is 3. The van der Waals surface area contributed by atoms with E-state index in [0.29, 0.717) is 23.4 Å². The van der Waals surface area contributed by atoms with Gasteiger partial charge in [0.05, 0.1) is 12.1 Å². The summed E-state index contributed by atoms with van der Waals surface area (Å²) in [4.78, 5) is 33.3. The Kier molecular flexibility index (Phi) is 12.6. The molecule has 0 bridgehead atoms. The van der Waals surface area contributed by atoms with Gasteiger partial charge in [0.15, 0.2) is 0 Å². The Bertz CT molecular complexity index is 674. The van der Waals surface area contributed by atoms with Gasteiger partial charge in [0, 0.05) is 39.8 Å². The lowest BCUT2D eigenvalue weighted by Crippen LogP contribution is -2.34. The smallest absolute Gasteiger partial charge is 0.253 e. The minimum absolute atomic E-state index is 0.0617. The zero-order chi connectivity index (χ0) is 21.5. The van der Waals surface area contributed by atoms with Crippen LogP contribution in [0.5, 0.6) is 5.75 Å². The number of rotatable bonds is 10. The fraction of sp³-hybridized carbons (Fsp3) is 0.400. The van der Waals surface area contributed by atoms with Gasteiger partial charge in [0.25, 0.3) is 5.91 Å². The third-order valence-corrected chi connectivity index (χ3v) is 3.53. The fourth-order valence-corrected chi connectivity index (χ4v) is 2.05. The van der Waals surface area contributed by atoms with Crippen LogP contribution in [0.25, 0.3) is 0 Å². The highest BCUT2D eigenvalue weighted by Gasteiger charge is 2.16. The van der Waals surface area contributed by atoms with Crippen molar-refractivity contribution in [2.75, 3.05) is 34.4 Å². The van der Waals surface area contributed by atoms with Crippen molar-refractivity contribution in [2.45, 2.75) is 19.4 Å². The van der Waals surface area contributed by atoms with Crippen LogP contribution < -0.4 is 15.4 Å². The van der Waals surface area contributed by atoms with Gasteiger partial charge in [0.1, 0.15) is 18.2 Å². The van der Waals surface area contributed by atoms with Gasteiger partial charge >= 0.3 is 0 Å². The van der Waals surface area contributed by atoms with Crippen molar-refractivity contribution in [1.82, 2.24) is 15.5 Å². The number of carbonyl (C=O) groups excluding carboxylic acids is 2. The van der Waals surface area contributed by atoms with E-state index in [-0.39, 0.29) is 31.1 Å². The summed E-state index contributed by atoms with van der Waals surface area (Å²) in [7, 11) is 5.05. The SMILES string of the molecule is C=C.C=Nc1c(OCNCC(=O)N(C)C)cccc1C(=O)NC(C)CC=NC. The summed E-state index contributed by atoms with van der Waals surface area (Å²) in [6.45, 7) is 11.7. The molecule has 1 unspecified atom stereocenters. The maximum atomic E-state index is 12.5. The van der Waals surface area contributed by atoms with E-state index >= 15 is 0 Å². The van der Waals surface area contributed by atoms with Crippen molar-refractivity contribution in [3.8, 4) is 5.75 Å². The van der Waals surface area contributed by atoms with E-state index in [0.717, 1.165) is 0 Å². The van der Waals surface area contributed by atoms with Crippen LogP contribution in [0.2, 0.25) is 0 Å². The summed E-state index contributed by atoms with van der Waals surface area (Å²) >= 11 is 0. The second-order valence-electron chi connectivity index (χ2n) is 5.87. The van der Waals surface area contributed by atoms with Crippen LogP contribution in [-0.2, 0) is 4.79 Å². The highest BCUT2D eigenvalue weighted by atomic mass is 16.5. The first-order chi connectivity index (χ1) is 13.4. The van der Waals surface area contributed by atoms with Gasteiger partial charge in [-0.05, 0) is 25.8 Å². The Morgan fingerprint density at radius 3 is 2.57 bits per heavy atom. The zero-order valence-electron chi connectivity index (χ0n) is 17.2. The predicted octanol–water partition coefficient (Wildman–Crippen LogP) is 2.04. The van der Waals surface area contributed by atoms with Gasteiger partial charge in [0.2, 0.25) is 5.91 Å². The highest BCUT2D eigenvalue weighted by molar-refractivity contribution is 6.00. The number of carbonyl (C=O) groups is 2. The minimum atomic E-state index is -0.259. The van der Waals surface area contributed by atoms with Crippen LogP contribution >= 0.6 is 0 Å². The molecule has 1 aromatic rings. The summed E-state index contributed by atoms with van der Waals surface area (Å²) in [5, 5.41) is 5.77. The Balaban J connectivity index is 0.00000352. The molecule has 1 atom stereocenters. The van der Waals surface area contributed by atoms with Crippen LogP contribution in [-0.4, -0.2) is 70.1 Å². The summed E-state index contributed by atoms with van der Waals surface area (Å²) in [5.74, 6) is 0.0965. The van der Waals surface area contributed by atoms with Gasteiger partial charge in [-0.3, -0.25) is 19.9 Å². The maximum Gasteiger partial charge on any atom is 0.253 e. The largest absolute Gasteiger partial charge is 0.476 e. The van der Waals surface area contributed by atoms with Gasteiger partial charge in [-0.15, -0.1) is 13.2 Å². The van der Waals surface area contributed by atoms with Crippen molar-refractivity contribution in [3.63, 3.8) is 0 Å². The quantitative estimate of drug-likeness (QED) is 0.277. The van der Waals surface area contributed by atoms with Crippen molar-refractivity contribution in [2.24, 2.45) is 9.98 Å². The molecule has 154 valence electrons. The van der Waals surface area contributed by atoms with Crippen LogP contribution in [0, 0.1) is 0 Å². The third kappa shape index (κ3) is 8.59. The molecule has 0 spiro atoms. The number of hydrogen-bond acceptors (Lipinski definition) is 6. The molecule has 1 rings (SSSR count). The normalized spacial score (nSPS) is 11.1. The Morgan fingerprint density at radius 1 is 1.32 bits per heavy atom. The lowest BCUT2D eigenvalue weighted by atomic mass is 10.1. The molecule has 0 fully saturated rings. The number of ether oxygens (including phenoxy) is 1. The molecule has 0 radical (unpaired) electrons. The predicted molar refractivity (Wildman–Crippen MR) is 115 cm³/mol. The molecule has 8 heteroatoms. The van der Waals surface area contributed by atoms with Crippen LogP contribution in [0.15, 0.2) is 41.3 Å². The average molecular weight is 390 g/mol. The third-order valence-electron chi connectivity index (χ3n) is 3.53. The number of benzene rings is 1. The van der Waals surface area contributed by atoms with Gasteiger partial charge < -0.3 is 19.9 Å². The fourth-order valence-electron chi connectivity index (χ4n) is 2.05. The first-order valence-corrected chi connectivity index (χ1v) is 8.75. The first kappa shape index (κ1) is 25.0. The molecule has 1 aromatic carbocycles. The Hall–Kier alpha value is -3.00. The highest BCUT2D eigenvalue weighted by Crippen LogP contribution is 2.31. The standard InChI is InChI=1S/C18H27N5O3.C2H4/c1-13(9-10-19-2)22-18(25)14-7-6-8-15(17(14)20-3)26-12-21-11-16(24)23(4)5;1-2/h6-8,10,13,21H,3,9,11-12H2,1-2,4-5H3,(H,22,25);1-2H2. The molecule has 0 aliphatic rings. The molecule has 8 nitrogen and oxygen atoms in total. The van der Waals surface area contributed by atoms with Crippen LogP contribution in [0.1, 0.15) is 23.7 Å². The number of likely N-dealkylation sites (N-methyl/N-ethyl adjacent to an activating group) is 1. The molecular formula is C20H31N5O3. The maximum absolute atomic E-state index is 12.5. The van der Waals surface area contributed by atoms with E-state index in [9.17, 15) is 9.59 Å². The Morgan fingerprint density at radius 2 is 2.00 bits per heavy atom. The molecule has 0 aliphatic carbocycles. The summed E-state index contributed by atoms with van der Waals surface area (Å²) in [5.41, 5.74) is 0.740. The van der Waals surface area contributed by atoms with Crippen molar-refractivity contribution in [3.05, 3.63) is 36.9 Å². The van der Waals surface area contributed by atoms with E-state index in [1.807, 2.05) is 6.92 Å². The zero-order valence-corrected chi connectivity index (χ0v) is 17.2. The molecule has 28 heavy (non-hydrogen) atoms. The van der Waals surface area contributed by atoms with E-state index in [2.05, 4.69) is 40.5 Å². The van der Waals surface area contributed by atoms with Gasteiger partial charge in [-0.25, -0.2) is 0 Å². The van der Waals surface area contributed by atoms with Crippen LogP contribution in [0.4, 0.5) is 5.69 Å². The number of para-hydroxylation sites is 1. The summed E-state index contributed by atoms with van der Waals surface area (Å²) in [6.07, 6.45) is 2.39. The summed E-state index contributed by atoms with van der Waals surface area (Å²) in [6, 6.07) is 5.01. The van der Waals surface area contributed by atoms with Crippen molar-refractivity contribution in [1.29, 1.82) is 0 Å². The minimum Gasteiger partial charge on any atom is -0.476 e. The topological polar surface area (TPSA) is 95.4 Å². The second-order valence-corrected chi connectivity index (χ2v) is 5.87. The van der Waals surface area contributed by atoms with Crippen molar-refractivity contribution >= 4 is 30.4 Å². The number of aliphatic imine (C=N–C) groups is 2. The van der Waals surface area contributed by atoms with E-state index in [4.69, 9.17) is 4.74 Å². The van der Waals surface area contributed by atoms with Gasteiger partial charge in [-0.1, -0.05) is 6.07 Å². The van der Waals surface area contributed by atoms with E-state index < -0.39 is 0 Å². The Labute approximate surface area is 167 Å². The van der Waals surface area contributed by atoms with E-state index in [1.165, 1.54) is 4.90 Å². The molecule has 2 amide bonds. The number of hydrogen-bond donors (Lipinski definition) is 2. The molecule has 0 aromatic heterocycles. The number of nitrogens with one attached hydrogen (secondary N) is 2. The second kappa shape index (κ2) is 14.1. The molecule has 0 saturated carbocycles. The van der Waals surface area contributed by atoms with Crippen LogP contribution in [0.3, 0.4) is 0 Å². The first-order valence-electron chi connectivity index (χ1n) is 8.75. The molecule has 2 N–H and O–H groups in total. The lowest BCUT2D eigenvalue weighted by molar-refractivity contribution is -0.127. The molecule has 0 heterocycles. The molecule has 0 saturated heterocycles. The number of amides is 2. The molecule has 0 aliphatic heterocycles. The molecular weight excluding hydrogens is 358 g/mol. The van der Waals surface area contributed by atoms with Gasteiger partial charge in [-0.2, -0.15) is 0 Å². The van der Waals surface area contributed by atoms with E-state index in [1.54, 1.807) is 45.6 Å². The monoisotopic (exact) mass is 389 g/mol. The summed E-state index contributed by atoms with van der Waals surface area (Å²) < 4.78 is 5.60. The average Bonchev–Trinajstić information content (AvgIpc) is 2.70. The lowest BCUT2D eigenvalue weighted by Gasteiger charge is -2.16. The van der Waals surface area contributed by atoms with Crippen molar-refractivity contribution < 1.29 is 14.3 Å².